The third-order valence-electron chi connectivity index (χ3n) is 3.69. The molecule has 4 rings (SSSR count). The molecule has 3 nitrogen and oxygen atoms in total. The zero-order valence-corrected chi connectivity index (χ0v) is 10.5. The highest BCUT2D eigenvalue weighted by molar-refractivity contribution is 6.18. The highest BCUT2D eigenvalue weighted by atomic mass is 16.4. The van der Waals surface area contributed by atoms with Crippen LogP contribution in [0.2, 0.25) is 0 Å². The van der Waals surface area contributed by atoms with Crippen LogP contribution >= 0.6 is 0 Å². The average molecular weight is 262 g/mol. The molecule has 96 valence electrons. The predicted molar refractivity (Wildman–Crippen MR) is 78.2 cm³/mol. The van der Waals surface area contributed by atoms with Crippen molar-refractivity contribution in [2.24, 2.45) is 0 Å². The molecule has 0 aliphatic rings. The van der Waals surface area contributed by atoms with Crippen LogP contribution in [0.3, 0.4) is 0 Å². The van der Waals surface area contributed by atoms with Gasteiger partial charge >= 0.3 is 5.97 Å². The van der Waals surface area contributed by atoms with Gasteiger partial charge in [0.1, 0.15) is 17.4 Å². The lowest BCUT2D eigenvalue weighted by Gasteiger charge is -2.04. The SMILES string of the molecule is O=C(O)c1coc2c1ccc1c3ccccc3ccc12. The van der Waals surface area contributed by atoms with E-state index in [0.29, 0.717) is 11.0 Å². The van der Waals surface area contributed by atoms with Crippen LogP contribution < -0.4 is 0 Å². The van der Waals surface area contributed by atoms with Crippen molar-refractivity contribution in [1.82, 2.24) is 0 Å². The highest BCUT2D eigenvalue weighted by Crippen LogP contribution is 2.33. The van der Waals surface area contributed by atoms with Gasteiger partial charge in [-0.15, -0.1) is 0 Å². The molecule has 4 aromatic rings. The molecule has 0 atom stereocenters. The van der Waals surface area contributed by atoms with E-state index in [0.717, 1.165) is 21.5 Å². The van der Waals surface area contributed by atoms with Gasteiger partial charge in [0.05, 0.1) is 0 Å². The van der Waals surface area contributed by atoms with E-state index in [9.17, 15) is 4.79 Å². The van der Waals surface area contributed by atoms with Crippen molar-refractivity contribution >= 4 is 38.5 Å². The Morgan fingerprint density at radius 3 is 2.45 bits per heavy atom. The molecule has 0 radical (unpaired) electrons. The first kappa shape index (κ1) is 11.1. The fraction of sp³-hybridized carbons (Fsp3) is 0. The van der Waals surface area contributed by atoms with Gasteiger partial charge in [0.25, 0.3) is 0 Å². The minimum absolute atomic E-state index is 0.204. The van der Waals surface area contributed by atoms with Crippen molar-refractivity contribution in [3.63, 3.8) is 0 Å². The van der Waals surface area contributed by atoms with Gasteiger partial charge in [0.15, 0.2) is 0 Å². The Balaban J connectivity index is 2.21. The zero-order valence-electron chi connectivity index (χ0n) is 10.5. The van der Waals surface area contributed by atoms with Crippen LogP contribution in [0.15, 0.2) is 59.2 Å². The summed E-state index contributed by atoms with van der Waals surface area (Å²) in [5.74, 6) is -0.969. The van der Waals surface area contributed by atoms with Crippen LogP contribution in [0.5, 0.6) is 0 Å². The maximum atomic E-state index is 11.2. The first-order chi connectivity index (χ1) is 9.75. The topological polar surface area (TPSA) is 50.4 Å². The van der Waals surface area contributed by atoms with Gasteiger partial charge in [-0.25, -0.2) is 4.79 Å². The van der Waals surface area contributed by atoms with E-state index in [4.69, 9.17) is 9.52 Å². The van der Waals surface area contributed by atoms with Crippen molar-refractivity contribution in [2.75, 3.05) is 0 Å². The average Bonchev–Trinajstić information content (AvgIpc) is 2.91. The van der Waals surface area contributed by atoms with E-state index < -0.39 is 5.97 Å². The summed E-state index contributed by atoms with van der Waals surface area (Å²) in [7, 11) is 0. The molecular formula is C17H10O3. The number of furan rings is 1. The Hall–Kier alpha value is -2.81. The van der Waals surface area contributed by atoms with Gasteiger partial charge in [0, 0.05) is 10.8 Å². The summed E-state index contributed by atoms with van der Waals surface area (Å²) in [5, 5.41) is 14.1. The van der Waals surface area contributed by atoms with Gasteiger partial charge in [-0.05, 0) is 28.3 Å². The third-order valence-corrected chi connectivity index (χ3v) is 3.69. The summed E-state index contributed by atoms with van der Waals surface area (Å²) in [5.41, 5.74) is 0.834. The third kappa shape index (κ3) is 1.37. The molecule has 1 heterocycles. The molecule has 0 aliphatic heterocycles. The first-order valence-corrected chi connectivity index (χ1v) is 6.30. The molecule has 0 saturated carbocycles. The monoisotopic (exact) mass is 262 g/mol. The highest BCUT2D eigenvalue weighted by Gasteiger charge is 2.15. The van der Waals surface area contributed by atoms with Gasteiger partial charge in [-0.1, -0.05) is 36.4 Å². The summed E-state index contributed by atoms with van der Waals surface area (Å²) in [6.45, 7) is 0. The van der Waals surface area contributed by atoms with E-state index in [-0.39, 0.29) is 5.56 Å². The van der Waals surface area contributed by atoms with Crippen molar-refractivity contribution in [3.8, 4) is 0 Å². The van der Waals surface area contributed by atoms with Crippen LogP contribution in [0.1, 0.15) is 10.4 Å². The molecule has 1 N–H and O–H groups in total. The fourth-order valence-corrected chi connectivity index (χ4v) is 2.75. The molecule has 3 heteroatoms. The van der Waals surface area contributed by atoms with Gasteiger partial charge in [-0.2, -0.15) is 0 Å². The van der Waals surface area contributed by atoms with Crippen molar-refractivity contribution < 1.29 is 14.3 Å². The Morgan fingerprint density at radius 2 is 1.60 bits per heavy atom. The maximum absolute atomic E-state index is 11.2. The number of benzene rings is 3. The normalized spacial score (nSPS) is 11.4. The van der Waals surface area contributed by atoms with Crippen molar-refractivity contribution in [3.05, 3.63) is 60.4 Å². The molecule has 0 unspecified atom stereocenters. The molecule has 20 heavy (non-hydrogen) atoms. The van der Waals surface area contributed by atoms with E-state index in [1.807, 2.05) is 36.4 Å². The zero-order chi connectivity index (χ0) is 13.7. The van der Waals surface area contributed by atoms with Crippen LogP contribution in [-0.4, -0.2) is 11.1 Å². The van der Waals surface area contributed by atoms with Gasteiger partial charge < -0.3 is 9.52 Å². The Labute approximate surface area is 114 Å². The standard InChI is InChI=1S/C17H10O3/c18-17(19)15-9-20-16-13-6-5-10-3-1-2-4-11(10)12(13)7-8-14(15)16/h1-9H,(H,18,19). The number of carbonyl (C=O) groups is 1. The molecule has 0 aliphatic carbocycles. The largest absolute Gasteiger partial charge is 0.478 e. The predicted octanol–water partition coefficient (Wildman–Crippen LogP) is 4.44. The summed E-state index contributed by atoms with van der Waals surface area (Å²) in [6.07, 6.45) is 1.31. The molecule has 0 spiro atoms. The maximum Gasteiger partial charge on any atom is 0.339 e. The van der Waals surface area contributed by atoms with Crippen LogP contribution in [0.25, 0.3) is 32.5 Å². The van der Waals surface area contributed by atoms with E-state index in [2.05, 4.69) is 12.1 Å². The van der Waals surface area contributed by atoms with Crippen LogP contribution in [0.4, 0.5) is 0 Å². The molecular weight excluding hydrogens is 252 g/mol. The second kappa shape index (κ2) is 3.84. The van der Waals surface area contributed by atoms with Gasteiger partial charge in [-0.3, -0.25) is 0 Å². The van der Waals surface area contributed by atoms with E-state index >= 15 is 0 Å². The molecule has 0 bridgehead atoms. The minimum Gasteiger partial charge on any atom is -0.478 e. The number of aromatic carboxylic acids is 1. The summed E-state index contributed by atoms with van der Waals surface area (Å²) < 4.78 is 5.49. The van der Waals surface area contributed by atoms with E-state index in [1.54, 1.807) is 0 Å². The second-order valence-electron chi connectivity index (χ2n) is 4.78. The molecule has 0 fully saturated rings. The Kier molecular flexibility index (Phi) is 2.12. The molecule has 0 saturated heterocycles. The van der Waals surface area contributed by atoms with Crippen LogP contribution in [-0.2, 0) is 0 Å². The Morgan fingerprint density at radius 1 is 0.850 bits per heavy atom. The lowest BCUT2D eigenvalue weighted by Crippen LogP contribution is -1.93. The number of carboxylic acid groups (broad SMARTS) is 1. The first-order valence-electron chi connectivity index (χ1n) is 6.30. The number of hydrogen-bond acceptors (Lipinski definition) is 2. The van der Waals surface area contributed by atoms with Gasteiger partial charge in [0.2, 0.25) is 0 Å². The fourth-order valence-electron chi connectivity index (χ4n) is 2.75. The lowest BCUT2D eigenvalue weighted by atomic mass is 10.00. The number of hydrogen-bond donors (Lipinski definition) is 1. The Bertz CT molecular complexity index is 979. The van der Waals surface area contributed by atoms with Crippen molar-refractivity contribution in [2.45, 2.75) is 0 Å². The number of rotatable bonds is 1. The summed E-state index contributed by atoms with van der Waals surface area (Å²) in [6, 6.07) is 15.9. The smallest absolute Gasteiger partial charge is 0.339 e. The van der Waals surface area contributed by atoms with Crippen LogP contribution in [0, 0.1) is 0 Å². The number of fused-ring (bicyclic) bond motifs is 5. The minimum atomic E-state index is -0.969. The lowest BCUT2D eigenvalue weighted by molar-refractivity contribution is 0.0698. The number of carboxylic acids is 1. The van der Waals surface area contributed by atoms with E-state index in [1.165, 1.54) is 6.26 Å². The summed E-state index contributed by atoms with van der Waals surface area (Å²) >= 11 is 0. The molecule has 0 amide bonds. The quantitative estimate of drug-likeness (QED) is 0.516. The summed E-state index contributed by atoms with van der Waals surface area (Å²) in [4.78, 5) is 11.2. The van der Waals surface area contributed by atoms with Crippen molar-refractivity contribution in [1.29, 1.82) is 0 Å². The molecule has 3 aromatic carbocycles. The molecule has 1 aromatic heterocycles. The second-order valence-corrected chi connectivity index (χ2v) is 4.78.